The van der Waals surface area contributed by atoms with Gasteiger partial charge in [-0.2, -0.15) is 0 Å². The highest BCUT2D eigenvalue weighted by molar-refractivity contribution is 14.1. The number of hydrogen-bond donors (Lipinski definition) is 2. The van der Waals surface area contributed by atoms with Crippen molar-refractivity contribution in [1.82, 2.24) is 0 Å². The fourth-order valence-corrected chi connectivity index (χ4v) is 2.51. The number of ether oxygens (including phenoxy) is 1. The van der Waals surface area contributed by atoms with Crippen LogP contribution < -0.4 is 11.5 Å². The number of halogens is 1. The highest BCUT2D eigenvalue weighted by atomic mass is 127. The van der Waals surface area contributed by atoms with Gasteiger partial charge in [0.1, 0.15) is 5.76 Å². The van der Waals surface area contributed by atoms with E-state index in [-0.39, 0.29) is 5.96 Å². The Labute approximate surface area is 126 Å². The van der Waals surface area contributed by atoms with E-state index in [2.05, 4.69) is 46.3 Å². The van der Waals surface area contributed by atoms with Gasteiger partial charge in [0.15, 0.2) is 5.96 Å². The average molecular weight is 369 g/mol. The van der Waals surface area contributed by atoms with Crippen molar-refractivity contribution in [2.24, 2.45) is 16.5 Å². The van der Waals surface area contributed by atoms with Gasteiger partial charge in [0, 0.05) is 16.9 Å². The second-order valence-electron chi connectivity index (χ2n) is 4.45. The lowest BCUT2D eigenvalue weighted by molar-refractivity contribution is 0.232. The molecule has 0 saturated carbocycles. The molecule has 5 heteroatoms. The first kappa shape index (κ1) is 13.9. The summed E-state index contributed by atoms with van der Waals surface area (Å²) in [5.41, 5.74) is 12.7. The van der Waals surface area contributed by atoms with Gasteiger partial charge in [0.2, 0.25) is 0 Å². The number of guanidine groups is 1. The lowest BCUT2D eigenvalue weighted by Gasteiger charge is -2.26. The zero-order valence-electron chi connectivity index (χ0n) is 10.5. The zero-order valence-corrected chi connectivity index (χ0v) is 12.6. The van der Waals surface area contributed by atoms with Gasteiger partial charge >= 0.3 is 0 Å². The predicted molar refractivity (Wildman–Crippen MR) is 86.2 cm³/mol. The van der Waals surface area contributed by atoms with E-state index in [0.717, 1.165) is 30.0 Å². The fraction of sp³-hybridized carbons (Fsp3) is 0.214. The maximum Gasteiger partial charge on any atom is 0.191 e. The summed E-state index contributed by atoms with van der Waals surface area (Å²) in [6, 6.07) is 7.94. The Morgan fingerprint density at radius 1 is 1.32 bits per heavy atom. The van der Waals surface area contributed by atoms with Crippen LogP contribution in [0.15, 0.2) is 51.4 Å². The number of benzene rings is 1. The normalized spacial score (nSPS) is 21.0. The third-order valence-corrected chi connectivity index (χ3v) is 3.64. The molecule has 4 N–H and O–H groups in total. The van der Waals surface area contributed by atoms with Gasteiger partial charge < -0.3 is 16.2 Å². The lowest BCUT2D eigenvalue weighted by Crippen LogP contribution is -2.21. The number of rotatable bonds is 2. The van der Waals surface area contributed by atoms with Crippen molar-refractivity contribution in [3.05, 3.63) is 52.0 Å². The van der Waals surface area contributed by atoms with Crippen molar-refractivity contribution in [3.63, 3.8) is 0 Å². The Kier molecular flexibility index (Phi) is 4.47. The smallest absolute Gasteiger partial charge is 0.191 e. The Morgan fingerprint density at radius 3 is 2.58 bits per heavy atom. The molecule has 1 fully saturated rings. The van der Waals surface area contributed by atoms with E-state index in [1.54, 1.807) is 0 Å². The zero-order chi connectivity index (χ0) is 13.8. The van der Waals surface area contributed by atoms with E-state index >= 15 is 0 Å². The summed E-state index contributed by atoms with van der Waals surface area (Å²) >= 11 is 2.19. The summed E-state index contributed by atoms with van der Waals surface area (Å²) in [5, 5.41) is 0. The molecule has 19 heavy (non-hydrogen) atoms. The number of nitrogens with zero attached hydrogens (tertiary/aromatic N) is 1. The lowest BCUT2D eigenvalue weighted by atomic mass is 9.89. The van der Waals surface area contributed by atoms with Crippen LogP contribution in [0.2, 0.25) is 0 Å². The van der Waals surface area contributed by atoms with Gasteiger partial charge in [-0.15, -0.1) is 0 Å². The molecule has 0 bridgehead atoms. The van der Waals surface area contributed by atoms with Crippen LogP contribution in [0.4, 0.5) is 5.69 Å². The average Bonchev–Trinajstić information content (AvgIpc) is 2.38. The minimum atomic E-state index is 0.0716. The summed E-state index contributed by atoms with van der Waals surface area (Å²) in [6.07, 6.45) is 1.74. The molecular weight excluding hydrogens is 353 g/mol. The third kappa shape index (κ3) is 3.73. The molecule has 1 atom stereocenters. The van der Waals surface area contributed by atoms with Crippen LogP contribution in [-0.2, 0) is 4.74 Å². The second-order valence-corrected chi connectivity index (χ2v) is 5.07. The SMILES string of the molecule is C=C1CC(c2ccc(N=C(N)N)cc2)C/C(=C\I)O1. The van der Waals surface area contributed by atoms with Crippen LogP contribution in [0, 0.1) is 0 Å². The fourth-order valence-electron chi connectivity index (χ4n) is 2.13. The van der Waals surface area contributed by atoms with Gasteiger partial charge in [0.05, 0.1) is 11.4 Å². The molecule has 1 unspecified atom stereocenters. The van der Waals surface area contributed by atoms with Crippen LogP contribution in [-0.4, -0.2) is 5.96 Å². The minimum Gasteiger partial charge on any atom is -0.466 e. The van der Waals surface area contributed by atoms with E-state index in [1.807, 2.05) is 16.2 Å². The molecule has 100 valence electrons. The molecule has 0 spiro atoms. The van der Waals surface area contributed by atoms with Crippen LogP contribution in [0.1, 0.15) is 24.3 Å². The van der Waals surface area contributed by atoms with Crippen molar-refractivity contribution in [1.29, 1.82) is 0 Å². The van der Waals surface area contributed by atoms with Gasteiger partial charge in [0.25, 0.3) is 0 Å². The van der Waals surface area contributed by atoms with Gasteiger partial charge in [-0.3, -0.25) is 0 Å². The Morgan fingerprint density at radius 2 is 2.00 bits per heavy atom. The molecule has 0 aliphatic carbocycles. The summed E-state index contributed by atoms with van der Waals surface area (Å²) in [4.78, 5) is 4.01. The first-order valence-corrected chi connectivity index (χ1v) is 7.17. The first-order valence-electron chi connectivity index (χ1n) is 5.93. The highest BCUT2D eigenvalue weighted by Gasteiger charge is 2.22. The molecule has 1 aliphatic heterocycles. The number of hydrogen-bond acceptors (Lipinski definition) is 2. The highest BCUT2D eigenvalue weighted by Crippen LogP contribution is 2.37. The van der Waals surface area contributed by atoms with E-state index < -0.39 is 0 Å². The summed E-state index contributed by atoms with van der Waals surface area (Å²) in [6.45, 7) is 3.92. The van der Waals surface area contributed by atoms with Gasteiger partial charge in [-0.1, -0.05) is 18.7 Å². The maximum atomic E-state index is 5.57. The van der Waals surface area contributed by atoms with Crippen molar-refractivity contribution in [3.8, 4) is 0 Å². The maximum absolute atomic E-state index is 5.57. The molecule has 4 nitrogen and oxygen atoms in total. The number of aliphatic imine (C=N–C) groups is 1. The largest absolute Gasteiger partial charge is 0.466 e. The van der Waals surface area contributed by atoms with Crippen LogP contribution in [0.25, 0.3) is 0 Å². The van der Waals surface area contributed by atoms with Crippen LogP contribution in [0.3, 0.4) is 0 Å². The van der Waals surface area contributed by atoms with Crippen molar-refractivity contribution >= 4 is 34.2 Å². The molecule has 1 aromatic carbocycles. The molecule has 0 radical (unpaired) electrons. The first-order chi connectivity index (χ1) is 9.08. The molecule has 1 heterocycles. The van der Waals surface area contributed by atoms with Crippen LogP contribution >= 0.6 is 22.6 Å². The van der Waals surface area contributed by atoms with Crippen molar-refractivity contribution < 1.29 is 4.74 Å². The van der Waals surface area contributed by atoms with Gasteiger partial charge in [-0.05, 0) is 46.2 Å². The number of nitrogens with two attached hydrogens (primary N) is 2. The van der Waals surface area contributed by atoms with Crippen molar-refractivity contribution in [2.75, 3.05) is 0 Å². The van der Waals surface area contributed by atoms with Crippen LogP contribution in [0.5, 0.6) is 0 Å². The number of allylic oxidation sites excluding steroid dienone is 2. The van der Waals surface area contributed by atoms with Crippen molar-refractivity contribution in [2.45, 2.75) is 18.8 Å². The molecule has 2 rings (SSSR count). The van der Waals surface area contributed by atoms with E-state index in [9.17, 15) is 0 Å². The van der Waals surface area contributed by atoms with E-state index in [1.165, 1.54) is 5.56 Å². The van der Waals surface area contributed by atoms with Gasteiger partial charge in [-0.25, -0.2) is 4.99 Å². The molecule has 1 aliphatic rings. The second kappa shape index (κ2) is 6.10. The topological polar surface area (TPSA) is 73.6 Å². The Bertz CT molecular complexity index is 530. The summed E-state index contributed by atoms with van der Waals surface area (Å²) in [7, 11) is 0. The minimum absolute atomic E-state index is 0.0716. The molecule has 1 aromatic rings. The molecular formula is C14H16IN3O. The summed E-state index contributed by atoms with van der Waals surface area (Å²) < 4.78 is 7.53. The van der Waals surface area contributed by atoms with E-state index in [0.29, 0.717) is 5.92 Å². The molecule has 0 amide bonds. The van der Waals surface area contributed by atoms with E-state index in [4.69, 9.17) is 16.2 Å². The Hall–Kier alpha value is -1.50. The molecule has 1 saturated heterocycles. The standard InChI is InChI=1S/C14H16IN3O/c1-9-6-11(7-13(8-15)19-9)10-2-4-12(5-3-10)18-14(16)17/h2-5,8,11H,1,6-7H2,(H4,16,17,18)/b13-8+. The monoisotopic (exact) mass is 369 g/mol. The summed E-state index contributed by atoms with van der Waals surface area (Å²) in [5.74, 6) is 2.25. The molecule has 0 aromatic heterocycles. The quantitative estimate of drug-likeness (QED) is 0.477. The Balaban J connectivity index is 2.18. The predicted octanol–water partition coefficient (Wildman–Crippen LogP) is 3.28. The third-order valence-electron chi connectivity index (χ3n) is 2.94.